The number of rotatable bonds is 4. The topological polar surface area (TPSA) is 77.3 Å². The number of nitrogens with two attached hydrogens (primary N) is 1. The van der Waals surface area contributed by atoms with Crippen LogP contribution in [-0.4, -0.2) is 70.0 Å². The normalized spacial score (nSPS) is 20.4. The summed E-state index contributed by atoms with van der Waals surface area (Å²) in [6.45, 7) is 4.15. The fraction of sp³-hybridized carbons (Fsp3) is 0.632. The maximum atomic E-state index is 13.0. The number of amides is 1. The van der Waals surface area contributed by atoms with E-state index in [0.717, 1.165) is 43.2 Å². The van der Waals surface area contributed by atoms with Gasteiger partial charge in [0.15, 0.2) is 0 Å². The lowest BCUT2D eigenvalue weighted by atomic mass is 9.89. The maximum Gasteiger partial charge on any atom is 0.242 e. The number of anilines is 1. The SMILES string of the molecule is COc1cc(OC)cc(N2CCCN(C(=O)C3(N)CCOCC3)CC2)c1. The molecule has 0 atom stereocenters. The van der Waals surface area contributed by atoms with Crippen molar-refractivity contribution in [2.75, 3.05) is 58.5 Å². The third kappa shape index (κ3) is 4.04. The largest absolute Gasteiger partial charge is 0.497 e. The Morgan fingerprint density at radius 3 is 2.31 bits per heavy atom. The number of hydrogen-bond acceptors (Lipinski definition) is 6. The summed E-state index contributed by atoms with van der Waals surface area (Å²) in [6.07, 6.45) is 2.09. The number of methoxy groups -OCH3 is 2. The maximum absolute atomic E-state index is 13.0. The summed E-state index contributed by atoms with van der Waals surface area (Å²) >= 11 is 0. The lowest BCUT2D eigenvalue weighted by molar-refractivity contribution is -0.140. The third-order valence-corrected chi connectivity index (χ3v) is 5.30. The van der Waals surface area contributed by atoms with E-state index in [-0.39, 0.29) is 5.91 Å². The molecule has 0 unspecified atom stereocenters. The second-order valence-corrected chi connectivity index (χ2v) is 6.97. The summed E-state index contributed by atoms with van der Waals surface area (Å²) in [7, 11) is 3.30. The van der Waals surface area contributed by atoms with Gasteiger partial charge in [-0.15, -0.1) is 0 Å². The number of carbonyl (C=O) groups is 1. The zero-order chi connectivity index (χ0) is 18.6. The first-order valence-corrected chi connectivity index (χ1v) is 9.20. The molecule has 2 saturated heterocycles. The minimum Gasteiger partial charge on any atom is -0.497 e. The van der Waals surface area contributed by atoms with Crippen molar-refractivity contribution in [2.45, 2.75) is 24.8 Å². The van der Waals surface area contributed by atoms with Crippen molar-refractivity contribution in [2.24, 2.45) is 5.73 Å². The monoisotopic (exact) mass is 363 g/mol. The lowest BCUT2D eigenvalue weighted by Crippen LogP contribution is -2.58. The smallest absolute Gasteiger partial charge is 0.242 e. The fourth-order valence-corrected chi connectivity index (χ4v) is 3.62. The number of hydrogen-bond donors (Lipinski definition) is 1. The Morgan fingerprint density at radius 2 is 1.69 bits per heavy atom. The first-order valence-electron chi connectivity index (χ1n) is 9.20. The lowest BCUT2D eigenvalue weighted by Gasteiger charge is -2.36. The third-order valence-electron chi connectivity index (χ3n) is 5.30. The van der Waals surface area contributed by atoms with Crippen LogP contribution >= 0.6 is 0 Å². The molecule has 26 heavy (non-hydrogen) atoms. The van der Waals surface area contributed by atoms with Gasteiger partial charge >= 0.3 is 0 Å². The van der Waals surface area contributed by atoms with Gasteiger partial charge in [-0.2, -0.15) is 0 Å². The van der Waals surface area contributed by atoms with Crippen molar-refractivity contribution in [1.29, 1.82) is 0 Å². The molecular weight excluding hydrogens is 334 g/mol. The van der Waals surface area contributed by atoms with E-state index in [1.807, 2.05) is 23.1 Å². The molecule has 7 heteroatoms. The molecule has 1 aromatic carbocycles. The molecule has 0 radical (unpaired) electrons. The van der Waals surface area contributed by atoms with Crippen molar-refractivity contribution in [1.82, 2.24) is 4.90 Å². The van der Waals surface area contributed by atoms with E-state index in [1.54, 1.807) is 14.2 Å². The summed E-state index contributed by atoms with van der Waals surface area (Å²) < 4.78 is 16.1. The van der Waals surface area contributed by atoms with Crippen molar-refractivity contribution in [3.8, 4) is 11.5 Å². The van der Waals surface area contributed by atoms with Gasteiger partial charge in [0.2, 0.25) is 5.91 Å². The minimum atomic E-state index is -0.771. The Balaban J connectivity index is 1.69. The average molecular weight is 363 g/mol. The van der Waals surface area contributed by atoms with Gasteiger partial charge in [0.05, 0.1) is 19.8 Å². The molecule has 0 spiro atoms. The standard InChI is InChI=1S/C19H29N3O4/c1-24-16-12-15(13-17(14-16)25-2)21-6-3-7-22(9-8-21)18(23)19(20)4-10-26-11-5-19/h12-14H,3-11,20H2,1-2H3. The quantitative estimate of drug-likeness (QED) is 0.868. The van der Waals surface area contributed by atoms with E-state index in [1.165, 1.54) is 0 Å². The average Bonchev–Trinajstić information content (AvgIpc) is 2.93. The first kappa shape index (κ1) is 18.8. The highest BCUT2D eigenvalue weighted by molar-refractivity contribution is 5.86. The predicted octanol–water partition coefficient (Wildman–Crippen LogP) is 1.25. The number of nitrogens with zero attached hydrogens (tertiary/aromatic N) is 2. The number of ether oxygens (including phenoxy) is 3. The van der Waals surface area contributed by atoms with Gasteiger partial charge in [0.25, 0.3) is 0 Å². The van der Waals surface area contributed by atoms with Gasteiger partial charge in [-0.25, -0.2) is 0 Å². The van der Waals surface area contributed by atoms with E-state index in [9.17, 15) is 4.79 Å². The Bertz CT molecular complexity index is 609. The molecule has 2 heterocycles. The van der Waals surface area contributed by atoms with Crippen molar-refractivity contribution >= 4 is 11.6 Å². The van der Waals surface area contributed by atoms with Crippen LogP contribution in [0.5, 0.6) is 11.5 Å². The van der Waals surface area contributed by atoms with Crippen LogP contribution in [0.1, 0.15) is 19.3 Å². The van der Waals surface area contributed by atoms with E-state index < -0.39 is 5.54 Å². The molecule has 0 bridgehead atoms. The van der Waals surface area contributed by atoms with E-state index in [2.05, 4.69) is 4.90 Å². The molecule has 2 aliphatic heterocycles. The summed E-state index contributed by atoms with van der Waals surface area (Å²) in [5.74, 6) is 1.59. The van der Waals surface area contributed by atoms with Gasteiger partial charge in [0.1, 0.15) is 11.5 Å². The first-order chi connectivity index (χ1) is 12.6. The van der Waals surface area contributed by atoms with Crippen molar-refractivity contribution in [3.63, 3.8) is 0 Å². The van der Waals surface area contributed by atoms with Gasteiger partial charge in [-0.1, -0.05) is 0 Å². The van der Waals surface area contributed by atoms with Crippen LogP contribution in [0, 0.1) is 0 Å². The van der Waals surface area contributed by atoms with Crippen LogP contribution in [0.4, 0.5) is 5.69 Å². The number of carbonyl (C=O) groups excluding carboxylic acids is 1. The van der Waals surface area contributed by atoms with Gasteiger partial charge in [-0.3, -0.25) is 4.79 Å². The second kappa shape index (κ2) is 8.14. The molecule has 0 saturated carbocycles. The molecule has 3 rings (SSSR count). The molecule has 1 aromatic rings. The zero-order valence-corrected chi connectivity index (χ0v) is 15.7. The highest BCUT2D eigenvalue weighted by atomic mass is 16.5. The Morgan fingerprint density at radius 1 is 1.04 bits per heavy atom. The molecular formula is C19H29N3O4. The molecule has 0 aliphatic carbocycles. The molecule has 144 valence electrons. The predicted molar refractivity (Wildman–Crippen MR) is 99.9 cm³/mol. The van der Waals surface area contributed by atoms with Crippen molar-refractivity contribution in [3.05, 3.63) is 18.2 Å². The zero-order valence-electron chi connectivity index (χ0n) is 15.7. The van der Waals surface area contributed by atoms with Gasteiger partial charge < -0.3 is 29.7 Å². The fourth-order valence-electron chi connectivity index (χ4n) is 3.62. The minimum absolute atomic E-state index is 0.0610. The molecule has 2 aliphatic rings. The van der Waals surface area contributed by atoms with Crippen LogP contribution in [0.3, 0.4) is 0 Å². The van der Waals surface area contributed by atoms with Gasteiger partial charge in [-0.05, 0) is 19.3 Å². The van der Waals surface area contributed by atoms with E-state index >= 15 is 0 Å². The van der Waals surface area contributed by atoms with Crippen LogP contribution in [-0.2, 0) is 9.53 Å². The van der Waals surface area contributed by atoms with Crippen LogP contribution in [0.15, 0.2) is 18.2 Å². The molecule has 2 N–H and O–H groups in total. The molecule has 1 amide bonds. The van der Waals surface area contributed by atoms with E-state index in [4.69, 9.17) is 19.9 Å². The molecule has 0 aromatic heterocycles. The summed E-state index contributed by atoms with van der Waals surface area (Å²) in [5.41, 5.74) is 6.66. The highest BCUT2D eigenvalue weighted by Crippen LogP contribution is 2.29. The Kier molecular flexibility index (Phi) is 5.88. The van der Waals surface area contributed by atoms with Crippen molar-refractivity contribution < 1.29 is 19.0 Å². The summed E-state index contributed by atoms with van der Waals surface area (Å²) in [6, 6.07) is 5.87. The number of benzene rings is 1. The van der Waals surface area contributed by atoms with Crippen LogP contribution < -0.4 is 20.1 Å². The Hall–Kier alpha value is -1.99. The summed E-state index contributed by atoms with van der Waals surface area (Å²) in [5, 5.41) is 0. The second-order valence-electron chi connectivity index (χ2n) is 6.97. The van der Waals surface area contributed by atoms with Gasteiger partial charge in [0, 0.05) is 63.3 Å². The highest BCUT2D eigenvalue weighted by Gasteiger charge is 2.39. The van der Waals surface area contributed by atoms with E-state index in [0.29, 0.717) is 32.6 Å². The van der Waals surface area contributed by atoms with Crippen LogP contribution in [0.25, 0.3) is 0 Å². The molecule has 2 fully saturated rings. The summed E-state index contributed by atoms with van der Waals surface area (Å²) in [4.78, 5) is 17.1. The van der Waals surface area contributed by atoms with Crippen LogP contribution in [0.2, 0.25) is 0 Å². The molecule has 7 nitrogen and oxygen atoms in total. The Labute approximate surface area is 155 Å².